The van der Waals surface area contributed by atoms with Crippen molar-refractivity contribution >= 4 is 34.9 Å². The van der Waals surface area contributed by atoms with Crippen LogP contribution in [0.25, 0.3) is 11.4 Å². The summed E-state index contributed by atoms with van der Waals surface area (Å²) in [6.07, 6.45) is 1.67. The van der Waals surface area contributed by atoms with Crippen LogP contribution < -0.4 is 0 Å². The molecular formula is C17H14ClN5OS2. The molecule has 0 radical (unpaired) electrons. The summed E-state index contributed by atoms with van der Waals surface area (Å²) in [6, 6.07) is 12.1. The largest absolute Gasteiger partial charge is 0.469 e. The van der Waals surface area contributed by atoms with Gasteiger partial charge in [0.25, 0.3) is 0 Å². The molecule has 132 valence electrons. The van der Waals surface area contributed by atoms with Crippen LogP contribution in [0.15, 0.2) is 52.2 Å². The minimum absolute atomic E-state index is 0.590. The third-order valence-corrected chi connectivity index (χ3v) is 5.81. The van der Waals surface area contributed by atoms with Crippen LogP contribution in [0.3, 0.4) is 0 Å². The number of furan rings is 1. The van der Waals surface area contributed by atoms with Crippen molar-refractivity contribution in [3.63, 3.8) is 0 Å². The van der Waals surface area contributed by atoms with Crippen LogP contribution in [0.5, 0.6) is 0 Å². The monoisotopic (exact) mass is 403 g/mol. The number of hydrogen-bond donors (Lipinski definition) is 0. The van der Waals surface area contributed by atoms with Gasteiger partial charge in [-0.15, -0.1) is 15.3 Å². The summed E-state index contributed by atoms with van der Waals surface area (Å²) < 4.78 is 12.0. The second-order valence-electron chi connectivity index (χ2n) is 5.55. The zero-order valence-electron chi connectivity index (χ0n) is 13.8. The van der Waals surface area contributed by atoms with E-state index in [1.165, 1.54) is 17.1 Å². The lowest BCUT2D eigenvalue weighted by Crippen LogP contribution is -2.04. The predicted molar refractivity (Wildman–Crippen MR) is 102 cm³/mol. The zero-order chi connectivity index (χ0) is 17.9. The van der Waals surface area contributed by atoms with Crippen LogP contribution in [0.1, 0.15) is 17.0 Å². The number of halogens is 1. The molecular weight excluding hydrogens is 390 g/mol. The van der Waals surface area contributed by atoms with Crippen molar-refractivity contribution in [2.24, 2.45) is 0 Å². The Morgan fingerprint density at radius 1 is 1.15 bits per heavy atom. The topological polar surface area (TPSA) is 69.6 Å². The summed E-state index contributed by atoms with van der Waals surface area (Å²) in [5.41, 5.74) is 2.87. The van der Waals surface area contributed by atoms with Crippen LogP contribution in [0, 0.1) is 6.92 Å². The first kappa shape index (κ1) is 17.3. The van der Waals surface area contributed by atoms with E-state index in [0.717, 1.165) is 28.0 Å². The molecule has 0 bridgehead atoms. The maximum absolute atomic E-state index is 6.11. The molecule has 9 heteroatoms. The fraction of sp³-hybridized carbons (Fsp3) is 0.176. The maximum Gasteiger partial charge on any atom is 0.192 e. The molecule has 0 spiro atoms. The smallest absolute Gasteiger partial charge is 0.192 e. The van der Waals surface area contributed by atoms with Gasteiger partial charge in [0.1, 0.15) is 15.8 Å². The molecule has 6 nitrogen and oxygen atoms in total. The summed E-state index contributed by atoms with van der Waals surface area (Å²) in [5, 5.41) is 13.6. The van der Waals surface area contributed by atoms with Crippen molar-refractivity contribution in [1.29, 1.82) is 0 Å². The SMILES string of the molecule is Cc1occc1-c1nnc(SCc2nnsc2Cl)n1Cc1ccccc1. The number of aromatic nitrogens is 5. The molecule has 0 aliphatic carbocycles. The van der Waals surface area contributed by atoms with E-state index in [1.807, 2.05) is 31.2 Å². The van der Waals surface area contributed by atoms with Gasteiger partial charge in [-0.1, -0.05) is 58.2 Å². The van der Waals surface area contributed by atoms with Crippen molar-refractivity contribution in [2.75, 3.05) is 0 Å². The molecule has 0 aliphatic rings. The normalized spacial score (nSPS) is 11.2. The maximum atomic E-state index is 6.11. The molecule has 26 heavy (non-hydrogen) atoms. The molecule has 1 aromatic carbocycles. The first-order chi connectivity index (χ1) is 12.7. The lowest BCUT2D eigenvalue weighted by molar-refractivity contribution is 0.534. The van der Waals surface area contributed by atoms with E-state index < -0.39 is 0 Å². The fourth-order valence-electron chi connectivity index (χ4n) is 2.54. The number of aryl methyl sites for hydroxylation is 1. The third-order valence-electron chi connectivity index (χ3n) is 3.85. The second kappa shape index (κ2) is 7.61. The molecule has 4 aromatic rings. The van der Waals surface area contributed by atoms with Gasteiger partial charge in [-0.3, -0.25) is 4.57 Å². The predicted octanol–water partition coefficient (Wildman–Crippen LogP) is 4.69. The number of rotatable bonds is 6. The van der Waals surface area contributed by atoms with Gasteiger partial charge in [0.05, 0.1) is 18.4 Å². The summed E-state index contributed by atoms with van der Waals surface area (Å²) in [4.78, 5) is 0. The van der Waals surface area contributed by atoms with Gasteiger partial charge in [0.2, 0.25) is 0 Å². The Morgan fingerprint density at radius 2 is 2.00 bits per heavy atom. The molecule has 0 fully saturated rings. The molecule has 0 N–H and O–H groups in total. The Morgan fingerprint density at radius 3 is 2.69 bits per heavy atom. The minimum Gasteiger partial charge on any atom is -0.469 e. The highest BCUT2D eigenvalue weighted by atomic mass is 35.5. The molecule has 4 rings (SSSR count). The van der Waals surface area contributed by atoms with E-state index in [4.69, 9.17) is 16.0 Å². The number of nitrogens with zero attached hydrogens (tertiary/aromatic N) is 5. The first-order valence-corrected chi connectivity index (χ1v) is 9.97. The van der Waals surface area contributed by atoms with E-state index in [0.29, 0.717) is 16.6 Å². The average Bonchev–Trinajstić information content (AvgIpc) is 3.35. The molecule has 0 atom stereocenters. The lowest BCUT2D eigenvalue weighted by atomic mass is 10.2. The van der Waals surface area contributed by atoms with E-state index in [9.17, 15) is 0 Å². The molecule has 0 unspecified atom stereocenters. The Labute approximate surface area is 163 Å². The Balaban J connectivity index is 1.68. The fourth-order valence-corrected chi connectivity index (χ4v) is 4.21. The van der Waals surface area contributed by atoms with Crippen LogP contribution >= 0.6 is 34.9 Å². The molecule has 3 heterocycles. The van der Waals surface area contributed by atoms with Gasteiger partial charge in [-0.2, -0.15) is 0 Å². The molecule has 0 aliphatic heterocycles. The van der Waals surface area contributed by atoms with E-state index in [1.54, 1.807) is 18.0 Å². The third kappa shape index (κ3) is 3.53. The quantitative estimate of drug-likeness (QED) is 0.435. The zero-order valence-corrected chi connectivity index (χ0v) is 16.2. The van der Waals surface area contributed by atoms with Crippen LogP contribution in [-0.2, 0) is 12.3 Å². The van der Waals surface area contributed by atoms with Gasteiger partial charge in [-0.25, -0.2) is 0 Å². The highest BCUT2D eigenvalue weighted by Gasteiger charge is 2.18. The average molecular weight is 404 g/mol. The summed E-state index contributed by atoms with van der Waals surface area (Å²) >= 11 is 8.84. The molecule has 0 saturated carbocycles. The number of hydrogen-bond acceptors (Lipinski definition) is 7. The van der Waals surface area contributed by atoms with Gasteiger partial charge in [0, 0.05) is 17.3 Å². The Hall–Kier alpha value is -2.16. The minimum atomic E-state index is 0.590. The molecule has 0 amide bonds. The first-order valence-electron chi connectivity index (χ1n) is 7.83. The van der Waals surface area contributed by atoms with Crippen molar-refractivity contribution in [1.82, 2.24) is 24.4 Å². The Bertz CT molecular complexity index is 1010. The van der Waals surface area contributed by atoms with Gasteiger partial charge < -0.3 is 4.42 Å². The molecule has 3 aromatic heterocycles. The highest BCUT2D eigenvalue weighted by molar-refractivity contribution is 7.98. The Kier molecular flexibility index (Phi) is 5.05. The molecule has 0 saturated heterocycles. The second-order valence-corrected chi connectivity index (χ2v) is 7.85. The summed E-state index contributed by atoms with van der Waals surface area (Å²) in [7, 11) is 0. The van der Waals surface area contributed by atoms with Gasteiger partial charge in [-0.05, 0) is 18.6 Å². The summed E-state index contributed by atoms with van der Waals surface area (Å²) in [6.45, 7) is 2.59. The van der Waals surface area contributed by atoms with Crippen molar-refractivity contribution in [3.8, 4) is 11.4 Å². The van der Waals surface area contributed by atoms with E-state index >= 15 is 0 Å². The lowest BCUT2D eigenvalue weighted by Gasteiger charge is -2.10. The van der Waals surface area contributed by atoms with Gasteiger partial charge >= 0.3 is 0 Å². The standard InChI is InChI=1S/C17H14ClN5OS2/c1-11-13(7-8-24-11)16-20-21-17(25-10-14-15(18)26-22-19-14)23(16)9-12-5-3-2-4-6-12/h2-8H,9-10H2,1H3. The van der Waals surface area contributed by atoms with E-state index in [2.05, 4.69) is 36.5 Å². The summed E-state index contributed by atoms with van der Waals surface area (Å²) in [5.74, 6) is 2.19. The number of benzene rings is 1. The highest BCUT2D eigenvalue weighted by Crippen LogP contribution is 2.30. The van der Waals surface area contributed by atoms with Crippen LogP contribution in [0.2, 0.25) is 4.34 Å². The van der Waals surface area contributed by atoms with Crippen molar-refractivity contribution in [2.45, 2.75) is 24.4 Å². The van der Waals surface area contributed by atoms with Crippen molar-refractivity contribution < 1.29 is 4.42 Å². The number of thioether (sulfide) groups is 1. The van der Waals surface area contributed by atoms with E-state index in [-0.39, 0.29) is 0 Å². The van der Waals surface area contributed by atoms with Crippen LogP contribution in [0.4, 0.5) is 0 Å². The van der Waals surface area contributed by atoms with Gasteiger partial charge in [0.15, 0.2) is 11.0 Å². The van der Waals surface area contributed by atoms with Crippen LogP contribution in [-0.4, -0.2) is 24.4 Å². The van der Waals surface area contributed by atoms with Crippen molar-refractivity contribution in [3.05, 3.63) is 64.0 Å².